The Morgan fingerprint density at radius 1 is 1.47 bits per heavy atom. The second kappa shape index (κ2) is 3.52. The summed E-state index contributed by atoms with van der Waals surface area (Å²) in [4.78, 5) is 15.4. The van der Waals surface area contributed by atoms with Crippen molar-refractivity contribution in [3.63, 3.8) is 0 Å². The number of fused-ring (bicyclic) bond motifs is 2. The van der Waals surface area contributed by atoms with E-state index in [9.17, 15) is 9.18 Å². The van der Waals surface area contributed by atoms with Crippen LogP contribution in [-0.2, 0) is 10.3 Å². The van der Waals surface area contributed by atoms with Crippen LogP contribution in [0.5, 0.6) is 0 Å². The second-order valence-corrected chi connectivity index (χ2v) is 5.09. The highest BCUT2D eigenvalue weighted by Crippen LogP contribution is 2.48. The Bertz CT molecular complexity index is 478. The molecule has 4 heteroatoms. The van der Waals surface area contributed by atoms with Gasteiger partial charge in [-0.1, -0.05) is 6.92 Å². The molecule has 2 heterocycles. The molecule has 0 atom stereocenters. The third-order valence-electron chi connectivity index (χ3n) is 3.95. The molecule has 1 aliphatic carbocycles. The van der Waals surface area contributed by atoms with Crippen molar-refractivity contribution in [2.24, 2.45) is 5.92 Å². The zero-order valence-electron chi connectivity index (χ0n) is 9.70. The minimum absolute atomic E-state index is 0.354. The van der Waals surface area contributed by atoms with Gasteiger partial charge in [0.1, 0.15) is 5.60 Å². The van der Waals surface area contributed by atoms with E-state index in [1.54, 1.807) is 6.07 Å². The molecule has 3 nitrogen and oxygen atoms in total. The average Bonchev–Trinajstić information content (AvgIpc) is 2.59. The fraction of sp³-hybridized carbons (Fsp3) is 0.538. The van der Waals surface area contributed by atoms with Crippen molar-refractivity contribution in [1.29, 1.82) is 0 Å². The molecule has 1 saturated carbocycles. The predicted molar refractivity (Wildman–Crippen MR) is 58.9 cm³/mol. The monoisotopic (exact) mass is 235 g/mol. The maximum absolute atomic E-state index is 13.8. The largest absolute Gasteiger partial charge is 0.450 e. The number of hydrogen-bond donors (Lipinski definition) is 0. The maximum atomic E-state index is 13.8. The van der Waals surface area contributed by atoms with Crippen molar-refractivity contribution >= 4 is 5.97 Å². The quantitative estimate of drug-likeness (QED) is 0.512. The lowest BCUT2D eigenvalue weighted by molar-refractivity contribution is -0.0363. The minimum atomic E-state index is -0.739. The molecule has 0 aromatic carbocycles. The average molecular weight is 235 g/mol. The molecule has 17 heavy (non-hydrogen) atoms. The van der Waals surface area contributed by atoms with Crippen LogP contribution in [0.2, 0.25) is 0 Å². The molecular weight excluding hydrogens is 221 g/mol. The van der Waals surface area contributed by atoms with Gasteiger partial charge in [-0.2, -0.15) is 4.39 Å². The lowest BCUT2D eigenvalue weighted by Crippen LogP contribution is -2.32. The van der Waals surface area contributed by atoms with Crippen molar-refractivity contribution in [3.8, 4) is 0 Å². The zero-order valence-corrected chi connectivity index (χ0v) is 9.70. The first kappa shape index (κ1) is 10.7. The summed E-state index contributed by atoms with van der Waals surface area (Å²) >= 11 is 0. The lowest BCUT2D eigenvalue weighted by Gasteiger charge is -2.35. The Hall–Kier alpha value is -1.45. The number of rotatable bonds is 0. The van der Waals surface area contributed by atoms with E-state index in [1.807, 2.05) is 0 Å². The van der Waals surface area contributed by atoms with Crippen molar-refractivity contribution in [2.45, 2.75) is 38.2 Å². The standard InChI is InChI=1S/C13H14FNO2/c1-8-2-5-13(6-3-8)10-9(12(16)17-13)4-7-15-11(10)14/h4,7-8H,2-3,5-6H2,1H3. The molecule has 0 saturated heterocycles. The summed E-state index contributed by atoms with van der Waals surface area (Å²) in [7, 11) is 0. The Kier molecular flexibility index (Phi) is 2.21. The molecule has 2 aliphatic rings. The summed E-state index contributed by atoms with van der Waals surface area (Å²) in [6.07, 6.45) is 4.65. The topological polar surface area (TPSA) is 39.2 Å². The summed E-state index contributed by atoms with van der Waals surface area (Å²) in [5.41, 5.74) is 0.000952. The number of ether oxygens (including phenoxy) is 1. The van der Waals surface area contributed by atoms with Gasteiger partial charge in [-0.3, -0.25) is 0 Å². The molecule has 0 bridgehead atoms. The number of halogens is 1. The van der Waals surface area contributed by atoms with Gasteiger partial charge in [0.2, 0.25) is 5.95 Å². The summed E-state index contributed by atoms with van der Waals surface area (Å²) in [6.45, 7) is 2.17. The third-order valence-corrected chi connectivity index (χ3v) is 3.95. The molecule has 0 amide bonds. The van der Waals surface area contributed by atoms with E-state index in [-0.39, 0.29) is 0 Å². The van der Waals surface area contributed by atoms with Crippen LogP contribution in [0.4, 0.5) is 4.39 Å². The van der Waals surface area contributed by atoms with Crippen LogP contribution in [0.1, 0.15) is 48.5 Å². The van der Waals surface area contributed by atoms with E-state index in [0.29, 0.717) is 29.9 Å². The van der Waals surface area contributed by atoms with E-state index in [1.165, 1.54) is 6.20 Å². The molecule has 0 N–H and O–H groups in total. The molecule has 0 unspecified atom stereocenters. The predicted octanol–water partition coefficient (Wildman–Crippen LogP) is 2.80. The van der Waals surface area contributed by atoms with Crippen molar-refractivity contribution in [3.05, 3.63) is 29.3 Å². The Balaban J connectivity index is 2.09. The smallest absolute Gasteiger partial charge is 0.339 e. The summed E-state index contributed by atoms with van der Waals surface area (Å²) in [6, 6.07) is 1.55. The highest BCUT2D eigenvalue weighted by molar-refractivity contribution is 5.94. The molecule has 1 aromatic rings. The molecule has 3 rings (SSSR count). The Morgan fingerprint density at radius 2 is 2.18 bits per heavy atom. The number of nitrogens with zero attached hydrogens (tertiary/aromatic N) is 1. The van der Waals surface area contributed by atoms with Crippen LogP contribution >= 0.6 is 0 Å². The highest BCUT2D eigenvalue weighted by atomic mass is 19.1. The van der Waals surface area contributed by atoms with Gasteiger partial charge in [0, 0.05) is 6.20 Å². The van der Waals surface area contributed by atoms with Crippen LogP contribution < -0.4 is 0 Å². The molecule has 90 valence electrons. The van der Waals surface area contributed by atoms with Crippen molar-refractivity contribution < 1.29 is 13.9 Å². The Labute approximate surface area is 99.0 Å². The van der Waals surface area contributed by atoms with Crippen LogP contribution in [0.3, 0.4) is 0 Å². The first-order valence-electron chi connectivity index (χ1n) is 6.01. The molecule has 1 aliphatic heterocycles. The maximum Gasteiger partial charge on any atom is 0.339 e. The van der Waals surface area contributed by atoms with Gasteiger partial charge in [0.25, 0.3) is 0 Å². The fourth-order valence-corrected chi connectivity index (χ4v) is 2.90. The fourth-order valence-electron chi connectivity index (χ4n) is 2.90. The Morgan fingerprint density at radius 3 is 2.88 bits per heavy atom. The number of hydrogen-bond acceptors (Lipinski definition) is 3. The minimum Gasteiger partial charge on any atom is -0.450 e. The molecule has 0 radical (unpaired) electrons. The molecule has 1 aromatic heterocycles. The summed E-state index contributed by atoms with van der Waals surface area (Å²) in [5, 5.41) is 0. The summed E-state index contributed by atoms with van der Waals surface area (Å²) in [5.74, 6) is -0.345. The number of pyridine rings is 1. The second-order valence-electron chi connectivity index (χ2n) is 5.09. The summed E-state index contributed by atoms with van der Waals surface area (Å²) < 4.78 is 19.3. The van der Waals surface area contributed by atoms with Gasteiger partial charge in [0.05, 0.1) is 11.1 Å². The van der Waals surface area contributed by atoms with Gasteiger partial charge in [-0.15, -0.1) is 0 Å². The SMILES string of the molecule is CC1CCC2(CC1)OC(=O)c1ccnc(F)c12. The normalized spacial score (nSPS) is 31.4. The molecule has 1 fully saturated rings. The number of aromatic nitrogens is 1. The zero-order chi connectivity index (χ0) is 12.0. The third kappa shape index (κ3) is 1.47. The van der Waals surface area contributed by atoms with Crippen LogP contribution in [0.15, 0.2) is 12.3 Å². The van der Waals surface area contributed by atoms with Gasteiger partial charge >= 0.3 is 5.97 Å². The van der Waals surface area contributed by atoms with E-state index in [4.69, 9.17) is 4.74 Å². The number of carbonyl (C=O) groups is 1. The van der Waals surface area contributed by atoms with Gasteiger partial charge in [-0.25, -0.2) is 9.78 Å². The van der Waals surface area contributed by atoms with Crippen molar-refractivity contribution in [2.75, 3.05) is 0 Å². The number of carbonyl (C=O) groups excluding carboxylic acids is 1. The first-order valence-corrected chi connectivity index (χ1v) is 6.01. The highest BCUT2D eigenvalue weighted by Gasteiger charge is 2.49. The van der Waals surface area contributed by atoms with E-state index < -0.39 is 17.5 Å². The lowest BCUT2D eigenvalue weighted by atomic mass is 9.76. The van der Waals surface area contributed by atoms with E-state index in [0.717, 1.165) is 12.8 Å². The van der Waals surface area contributed by atoms with Crippen LogP contribution in [0.25, 0.3) is 0 Å². The van der Waals surface area contributed by atoms with Crippen LogP contribution in [-0.4, -0.2) is 11.0 Å². The van der Waals surface area contributed by atoms with Crippen LogP contribution in [0, 0.1) is 11.9 Å². The van der Waals surface area contributed by atoms with E-state index >= 15 is 0 Å². The van der Waals surface area contributed by atoms with Gasteiger partial charge in [-0.05, 0) is 37.7 Å². The van der Waals surface area contributed by atoms with E-state index in [2.05, 4.69) is 11.9 Å². The first-order chi connectivity index (χ1) is 8.12. The molecule has 1 spiro atoms. The van der Waals surface area contributed by atoms with Gasteiger partial charge in [0.15, 0.2) is 0 Å². The molecular formula is C13H14FNO2. The number of esters is 1. The van der Waals surface area contributed by atoms with Gasteiger partial charge < -0.3 is 4.74 Å². The van der Waals surface area contributed by atoms with Crippen molar-refractivity contribution in [1.82, 2.24) is 4.98 Å².